The maximum Gasteiger partial charge on any atom is 0.326 e. The number of nitrogens with one attached hydrogen (secondary N) is 1. The van der Waals surface area contributed by atoms with Crippen molar-refractivity contribution in [2.45, 2.75) is 63.6 Å². The molecule has 2 rings (SSSR count). The number of hydrogen-bond donors (Lipinski definition) is 2. The molecule has 1 saturated heterocycles. The second-order valence-electron chi connectivity index (χ2n) is 6.16. The minimum Gasteiger partial charge on any atom is -0.480 e. The third-order valence-electron chi connectivity index (χ3n) is 4.88. The largest absolute Gasteiger partial charge is 0.480 e. The van der Waals surface area contributed by atoms with E-state index in [9.17, 15) is 14.7 Å². The number of likely N-dealkylation sites (tertiary alicyclic amines) is 1. The van der Waals surface area contributed by atoms with E-state index < -0.39 is 12.0 Å². The van der Waals surface area contributed by atoms with Gasteiger partial charge in [0.2, 0.25) is 0 Å². The molecular weight excluding hydrogens is 272 g/mol. The van der Waals surface area contributed by atoms with Crippen LogP contribution >= 0.6 is 0 Å². The van der Waals surface area contributed by atoms with Gasteiger partial charge in [0, 0.05) is 19.7 Å². The number of methoxy groups -OCH3 is 1. The van der Waals surface area contributed by atoms with E-state index in [2.05, 4.69) is 12.2 Å². The van der Waals surface area contributed by atoms with E-state index in [0.717, 1.165) is 32.1 Å². The highest BCUT2D eigenvalue weighted by Gasteiger charge is 2.37. The Morgan fingerprint density at radius 3 is 2.62 bits per heavy atom. The van der Waals surface area contributed by atoms with E-state index in [-0.39, 0.29) is 18.2 Å². The number of ether oxygens (including phenoxy) is 1. The molecular formula is C15H26N2O4. The van der Waals surface area contributed by atoms with Crippen molar-refractivity contribution < 1.29 is 19.4 Å². The highest BCUT2D eigenvalue weighted by atomic mass is 16.5. The summed E-state index contributed by atoms with van der Waals surface area (Å²) in [4.78, 5) is 25.3. The van der Waals surface area contributed by atoms with Gasteiger partial charge in [-0.2, -0.15) is 0 Å². The van der Waals surface area contributed by atoms with Gasteiger partial charge in [-0.1, -0.05) is 13.3 Å². The van der Waals surface area contributed by atoms with Crippen LogP contribution in [0.1, 0.15) is 45.4 Å². The van der Waals surface area contributed by atoms with Crippen molar-refractivity contribution in [1.82, 2.24) is 10.2 Å². The van der Waals surface area contributed by atoms with Gasteiger partial charge in [-0.05, 0) is 38.0 Å². The fourth-order valence-corrected chi connectivity index (χ4v) is 3.43. The monoisotopic (exact) mass is 298 g/mol. The number of carbonyl (C=O) groups is 2. The van der Waals surface area contributed by atoms with Crippen LogP contribution in [0.15, 0.2) is 0 Å². The predicted octanol–water partition coefficient (Wildman–Crippen LogP) is 1.84. The molecule has 1 heterocycles. The Morgan fingerprint density at radius 2 is 2.05 bits per heavy atom. The Morgan fingerprint density at radius 1 is 1.29 bits per heavy atom. The standard InChI is InChI=1S/C15H26N2O4/c1-3-10-6-7-17(13(8-10)14(18)19)15(20)16-11-4-5-12(9-11)21-2/h10-13H,3-9H2,1-2H3,(H,16,20)(H,18,19). The number of nitrogens with zero attached hydrogens (tertiary/aromatic N) is 1. The number of amides is 2. The summed E-state index contributed by atoms with van der Waals surface area (Å²) in [6, 6.07) is -0.831. The van der Waals surface area contributed by atoms with E-state index in [1.54, 1.807) is 7.11 Å². The summed E-state index contributed by atoms with van der Waals surface area (Å²) in [5.41, 5.74) is 0. The number of carboxylic acid groups (broad SMARTS) is 1. The Hall–Kier alpha value is -1.30. The van der Waals surface area contributed by atoms with E-state index in [4.69, 9.17) is 4.74 Å². The first kappa shape index (κ1) is 16.1. The van der Waals surface area contributed by atoms with Gasteiger partial charge in [0.25, 0.3) is 0 Å². The minimum atomic E-state index is -0.899. The lowest BCUT2D eigenvalue weighted by Crippen LogP contribution is -2.55. The molecule has 4 unspecified atom stereocenters. The lowest BCUT2D eigenvalue weighted by molar-refractivity contribution is -0.144. The van der Waals surface area contributed by atoms with E-state index in [1.165, 1.54) is 4.90 Å². The number of urea groups is 1. The molecule has 6 heteroatoms. The third kappa shape index (κ3) is 3.87. The molecule has 0 aromatic rings. The minimum absolute atomic E-state index is 0.0980. The summed E-state index contributed by atoms with van der Waals surface area (Å²) in [6.07, 6.45) is 5.28. The first-order valence-electron chi connectivity index (χ1n) is 7.87. The summed E-state index contributed by atoms with van der Waals surface area (Å²) < 4.78 is 5.30. The van der Waals surface area contributed by atoms with Crippen LogP contribution < -0.4 is 5.32 Å². The topological polar surface area (TPSA) is 78.9 Å². The fraction of sp³-hybridized carbons (Fsp3) is 0.867. The third-order valence-corrected chi connectivity index (χ3v) is 4.88. The lowest BCUT2D eigenvalue weighted by Gasteiger charge is -2.37. The molecule has 1 aliphatic heterocycles. The molecule has 2 aliphatic rings. The van der Waals surface area contributed by atoms with Crippen molar-refractivity contribution in [2.24, 2.45) is 5.92 Å². The Bertz CT molecular complexity index is 388. The normalized spacial score (nSPS) is 33.0. The molecule has 1 saturated carbocycles. The molecule has 2 N–H and O–H groups in total. The second-order valence-corrected chi connectivity index (χ2v) is 6.16. The summed E-state index contributed by atoms with van der Waals surface area (Å²) in [5.74, 6) is -0.496. The molecule has 21 heavy (non-hydrogen) atoms. The Kier molecular flexibility index (Phi) is 5.45. The van der Waals surface area contributed by atoms with Gasteiger partial charge in [0.15, 0.2) is 0 Å². The molecule has 0 radical (unpaired) electrons. The number of aliphatic carboxylic acids is 1. The number of piperidine rings is 1. The highest BCUT2D eigenvalue weighted by Crippen LogP contribution is 2.27. The Labute approximate surface area is 125 Å². The summed E-state index contributed by atoms with van der Waals surface area (Å²) in [5, 5.41) is 12.3. The van der Waals surface area contributed by atoms with Crippen molar-refractivity contribution >= 4 is 12.0 Å². The van der Waals surface area contributed by atoms with Gasteiger partial charge >= 0.3 is 12.0 Å². The van der Waals surface area contributed by atoms with E-state index in [1.807, 2.05) is 0 Å². The lowest BCUT2D eigenvalue weighted by atomic mass is 9.89. The van der Waals surface area contributed by atoms with Crippen LogP contribution in [0.5, 0.6) is 0 Å². The van der Waals surface area contributed by atoms with Gasteiger partial charge in [0.05, 0.1) is 6.10 Å². The molecule has 2 fully saturated rings. The first-order chi connectivity index (χ1) is 10.0. The molecule has 6 nitrogen and oxygen atoms in total. The van der Waals surface area contributed by atoms with Crippen molar-refractivity contribution in [3.63, 3.8) is 0 Å². The van der Waals surface area contributed by atoms with E-state index in [0.29, 0.717) is 18.9 Å². The van der Waals surface area contributed by atoms with Gasteiger partial charge in [-0.25, -0.2) is 9.59 Å². The second kappa shape index (κ2) is 7.11. The van der Waals surface area contributed by atoms with Crippen LogP contribution in [0.3, 0.4) is 0 Å². The molecule has 0 aromatic heterocycles. The molecule has 120 valence electrons. The zero-order valence-corrected chi connectivity index (χ0v) is 12.9. The first-order valence-corrected chi connectivity index (χ1v) is 7.87. The molecule has 4 atom stereocenters. The van der Waals surface area contributed by atoms with Crippen LogP contribution in [0, 0.1) is 5.92 Å². The van der Waals surface area contributed by atoms with Gasteiger partial charge in [-0.3, -0.25) is 0 Å². The number of rotatable bonds is 4. The van der Waals surface area contributed by atoms with Gasteiger partial charge < -0.3 is 20.1 Å². The maximum atomic E-state index is 12.4. The zero-order chi connectivity index (χ0) is 15.4. The van der Waals surface area contributed by atoms with E-state index >= 15 is 0 Å². The van der Waals surface area contributed by atoms with Crippen LogP contribution in [-0.2, 0) is 9.53 Å². The highest BCUT2D eigenvalue weighted by molar-refractivity contribution is 5.83. The molecule has 2 amide bonds. The average Bonchev–Trinajstić information content (AvgIpc) is 2.94. The molecule has 0 bridgehead atoms. The smallest absolute Gasteiger partial charge is 0.326 e. The van der Waals surface area contributed by atoms with Gasteiger partial charge in [0.1, 0.15) is 6.04 Å². The van der Waals surface area contributed by atoms with Crippen molar-refractivity contribution in [3.8, 4) is 0 Å². The maximum absolute atomic E-state index is 12.4. The van der Waals surface area contributed by atoms with Crippen LogP contribution in [-0.4, -0.2) is 53.8 Å². The van der Waals surface area contributed by atoms with Crippen molar-refractivity contribution in [3.05, 3.63) is 0 Å². The summed E-state index contributed by atoms with van der Waals surface area (Å²) >= 11 is 0. The van der Waals surface area contributed by atoms with Gasteiger partial charge in [-0.15, -0.1) is 0 Å². The molecule has 0 aromatic carbocycles. The quantitative estimate of drug-likeness (QED) is 0.830. The molecule has 0 spiro atoms. The SMILES string of the molecule is CCC1CCN(C(=O)NC2CCC(OC)C2)C(C(=O)O)C1. The predicted molar refractivity (Wildman–Crippen MR) is 78.1 cm³/mol. The molecule has 1 aliphatic carbocycles. The number of carbonyl (C=O) groups excluding carboxylic acids is 1. The van der Waals surface area contributed by atoms with Crippen molar-refractivity contribution in [1.29, 1.82) is 0 Å². The van der Waals surface area contributed by atoms with Crippen LogP contribution in [0.4, 0.5) is 4.79 Å². The number of carboxylic acids is 1. The fourth-order valence-electron chi connectivity index (χ4n) is 3.43. The summed E-state index contributed by atoms with van der Waals surface area (Å²) in [6.45, 7) is 2.60. The zero-order valence-electron chi connectivity index (χ0n) is 12.9. The average molecular weight is 298 g/mol. The summed E-state index contributed by atoms with van der Waals surface area (Å²) in [7, 11) is 1.69. The van der Waals surface area contributed by atoms with Crippen molar-refractivity contribution in [2.75, 3.05) is 13.7 Å². The van der Waals surface area contributed by atoms with Crippen LogP contribution in [0.25, 0.3) is 0 Å². The van der Waals surface area contributed by atoms with Crippen LogP contribution in [0.2, 0.25) is 0 Å². The number of hydrogen-bond acceptors (Lipinski definition) is 3. The Balaban J connectivity index is 1.92.